The van der Waals surface area contributed by atoms with Crippen LogP contribution in [0.3, 0.4) is 0 Å². The summed E-state index contributed by atoms with van der Waals surface area (Å²) in [6, 6.07) is 3.50. The maximum absolute atomic E-state index is 13.4. The molecule has 0 spiro atoms. The molecule has 1 aliphatic heterocycles. The van der Waals surface area contributed by atoms with Gasteiger partial charge in [0.2, 0.25) is 0 Å². The highest BCUT2D eigenvalue weighted by atomic mass is 19.4. The first-order chi connectivity index (χ1) is 10.6. The highest BCUT2D eigenvalue weighted by Gasteiger charge is 2.58. The van der Waals surface area contributed by atoms with Crippen LogP contribution in [0, 0.1) is 0 Å². The molecule has 1 aromatic rings. The molecule has 4 nitrogen and oxygen atoms in total. The van der Waals surface area contributed by atoms with Gasteiger partial charge in [0, 0.05) is 31.2 Å². The van der Waals surface area contributed by atoms with Crippen LogP contribution in [0.15, 0.2) is 24.3 Å². The van der Waals surface area contributed by atoms with Gasteiger partial charge in [0.25, 0.3) is 0 Å². The van der Waals surface area contributed by atoms with Gasteiger partial charge >= 0.3 is 18.1 Å². The van der Waals surface area contributed by atoms with Gasteiger partial charge in [-0.15, -0.1) is 0 Å². The van der Waals surface area contributed by atoms with E-state index >= 15 is 0 Å². The zero-order chi connectivity index (χ0) is 17.3. The average molecular weight is 337 g/mol. The van der Waals surface area contributed by atoms with E-state index in [1.54, 1.807) is 0 Å². The fourth-order valence-corrected chi connectivity index (χ4v) is 2.58. The fourth-order valence-electron chi connectivity index (χ4n) is 2.58. The Bertz CT molecular complexity index is 576. The number of hydrogen-bond donors (Lipinski definition) is 2. The summed E-state index contributed by atoms with van der Waals surface area (Å²) < 4.78 is 64.0. The molecule has 2 rings (SSSR count). The minimum absolute atomic E-state index is 0.146. The lowest BCUT2D eigenvalue weighted by atomic mass is 10.0. The van der Waals surface area contributed by atoms with Crippen LogP contribution >= 0.6 is 0 Å². The predicted octanol–water partition coefficient (Wildman–Crippen LogP) is 2.58. The summed E-state index contributed by atoms with van der Waals surface area (Å²) >= 11 is 0. The van der Waals surface area contributed by atoms with Crippen molar-refractivity contribution in [3.63, 3.8) is 0 Å². The van der Waals surface area contributed by atoms with Crippen LogP contribution in [0.1, 0.15) is 17.5 Å². The second-order valence-corrected chi connectivity index (χ2v) is 5.50. The average Bonchev–Trinajstić information content (AvgIpc) is 2.84. The van der Waals surface area contributed by atoms with E-state index in [0.717, 1.165) is 12.1 Å². The van der Waals surface area contributed by atoms with E-state index in [9.17, 15) is 26.7 Å². The Kier molecular flexibility index (Phi) is 4.79. The summed E-state index contributed by atoms with van der Waals surface area (Å²) in [5.74, 6) is -4.88. The molecular formula is C14H16F5N3O. The van der Waals surface area contributed by atoms with Crippen LogP contribution in [0.25, 0.3) is 0 Å². The number of carbonyl (C=O) groups excluding carboxylic acids is 1. The van der Waals surface area contributed by atoms with E-state index in [0.29, 0.717) is 25.1 Å². The van der Waals surface area contributed by atoms with Crippen molar-refractivity contribution in [2.45, 2.75) is 31.1 Å². The Morgan fingerprint density at radius 2 is 2.00 bits per heavy atom. The maximum Gasteiger partial charge on any atom is 0.458 e. The van der Waals surface area contributed by atoms with Crippen molar-refractivity contribution < 1.29 is 26.7 Å². The van der Waals surface area contributed by atoms with Gasteiger partial charge in [0.1, 0.15) is 0 Å². The number of benzene rings is 1. The zero-order valence-electron chi connectivity index (χ0n) is 12.0. The standard InChI is InChI=1S/C14H16F5N3O/c15-13(16,14(17,18)19)10-3-1-2-9(6-10)7-22-5-4-11(8-22)21-12(20)23/h1-3,6,11H,4-5,7-8H2,(H3,20,21,23). The van der Waals surface area contributed by atoms with Crippen LogP contribution in [-0.2, 0) is 12.5 Å². The van der Waals surface area contributed by atoms with Gasteiger partial charge in [-0.25, -0.2) is 4.79 Å². The summed E-state index contributed by atoms with van der Waals surface area (Å²) in [5, 5.41) is 2.54. The first-order valence-electron chi connectivity index (χ1n) is 6.92. The second-order valence-electron chi connectivity index (χ2n) is 5.50. The molecule has 128 valence electrons. The first-order valence-corrected chi connectivity index (χ1v) is 6.92. The van der Waals surface area contributed by atoms with Crippen molar-refractivity contribution in [1.29, 1.82) is 0 Å². The minimum atomic E-state index is -5.63. The van der Waals surface area contributed by atoms with Crippen LogP contribution < -0.4 is 11.1 Å². The number of halogens is 5. The van der Waals surface area contributed by atoms with Gasteiger partial charge in [-0.3, -0.25) is 4.90 Å². The van der Waals surface area contributed by atoms with Gasteiger partial charge in [-0.2, -0.15) is 22.0 Å². The molecule has 1 aliphatic rings. The van der Waals surface area contributed by atoms with Crippen LogP contribution in [0.2, 0.25) is 0 Å². The normalized spacial score (nSPS) is 19.8. The molecule has 3 N–H and O–H groups in total. The topological polar surface area (TPSA) is 58.4 Å². The van der Waals surface area contributed by atoms with E-state index in [2.05, 4.69) is 5.32 Å². The quantitative estimate of drug-likeness (QED) is 0.830. The number of rotatable bonds is 4. The van der Waals surface area contributed by atoms with Crippen molar-refractivity contribution in [3.8, 4) is 0 Å². The number of alkyl halides is 5. The van der Waals surface area contributed by atoms with Crippen molar-refractivity contribution in [2.24, 2.45) is 5.73 Å². The Labute approximate surface area is 129 Å². The molecule has 23 heavy (non-hydrogen) atoms. The molecule has 2 amide bonds. The Morgan fingerprint density at radius 1 is 1.30 bits per heavy atom. The zero-order valence-corrected chi connectivity index (χ0v) is 12.0. The molecule has 1 heterocycles. The van der Waals surface area contributed by atoms with Crippen LogP contribution in [0.5, 0.6) is 0 Å². The van der Waals surface area contributed by atoms with Gasteiger partial charge in [0.15, 0.2) is 0 Å². The number of carbonyl (C=O) groups is 1. The number of nitrogens with zero attached hydrogens (tertiary/aromatic N) is 1. The van der Waals surface area contributed by atoms with Gasteiger partial charge in [0.05, 0.1) is 0 Å². The second kappa shape index (κ2) is 6.31. The molecule has 9 heteroatoms. The third-order valence-corrected chi connectivity index (χ3v) is 3.67. The number of nitrogens with one attached hydrogen (secondary N) is 1. The fraction of sp³-hybridized carbons (Fsp3) is 0.500. The third-order valence-electron chi connectivity index (χ3n) is 3.67. The SMILES string of the molecule is NC(=O)NC1CCN(Cc2cccc(C(F)(F)C(F)(F)F)c2)C1. The lowest BCUT2D eigenvalue weighted by molar-refractivity contribution is -0.289. The number of urea groups is 1. The van der Waals surface area contributed by atoms with Crippen LogP contribution in [-0.4, -0.2) is 36.2 Å². The summed E-state index contributed by atoms with van der Waals surface area (Å²) in [4.78, 5) is 12.6. The molecule has 1 aromatic carbocycles. The molecule has 0 bridgehead atoms. The molecule has 0 aromatic heterocycles. The van der Waals surface area contributed by atoms with Gasteiger partial charge < -0.3 is 11.1 Å². The monoisotopic (exact) mass is 337 g/mol. The molecule has 1 unspecified atom stereocenters. The maximum atomic E-state index is 13.4. The lowest BCUT2D eigenvalue weighted by Crippen LogP contribution is -2.40. The van der Waals surface area contributed by atoms with E-state index < -0.39 is 23.7 Å². The summed E-state index contributed by atoms with van der Waals surface area (Å²) in [5.41, 5.74) is 4.30. The van der Waals surface area contributed by atoms with Crippen molar-refractivity contribution in [3.05, 3.63) is 35.4 Å². The molecular weight excluding hydrogens is 321 g/mol. The minimum Gasteiger partial charge on any atom is -0.352 e. The summed E-state index contributed by atoms with van der Waals surface area (Å²) in [6.45, 7) is 1.27. The van der Waals surface area contributed by atoms with Crippen LogP contribution in [0.4, 0.5) is 26.7 Å². The molecule has 0 saturated carbocycles. The van der Waals surface area contributed by atoms with E-state index in [-0.39, 0.29) is 12.6 Å². The predicted molar refractivity (Wildman–Crippen MR) is 72.8 cm³/mol. The number of amides is 2. The van der Waals surface area contributed by atoms with Crippen molar-refractivity contribution >= 4 is 6.03 Å². The third kappa shape index (κ3) is 4.10. The van der Waals surface area contributed by atoms with Crippen molar-refractivity contribution in [2.75, 3.05) is 13.1 Å². The van der Waals surface area contributed by atoms with E-state index in [4.69, 9.17) is 5.73 Å². The Morgan fingerprint density at radius 3 is 2.61 bits per heavy atom. The number of hydrogen-bond acceptors (Lipinski definition) is 2. The highest BCUT2D eigenvalue weighted by molar-refractivity contribution is 5.72. The Hall–Kier alpha value is -1.90. The summed E-state index contributed by atoms with van der Waals surface area (Å²) in [6.07, 6.45) is -4.99. The van der Waals surface area contributed by atoms with Crippen molar-refractivity contribution in [1.82, 2.24) is 10.2 Å². The number of nitrogens with two attached hydrogens (primary N) is 1. The van der Waals surface area contributed by atoms with Gasteiger partial charge in [-0.05, 0) is 18.1 Å². The summed E-state index contributed by atoms with van der Waals surface area (Å²) in [7, 11) is 0. The largest absolute Gasteiger partial charge is 0.458 e. The molecule has 0 radical (unpaired) electrons. The van der Waals surface area contributed by atoms with E-state index in [1.807, 2.05) is 4.90 Å². The number of primary amides is 1. The highest BCUT2D eigenvalue weighted by Crippen LogP contribution is 2.43. The van der Waals surface area contributed by atoms with E-state index in [1.165, 1.54) is 12.1 Å². The Balaban J connectivity index is 2.06. The molecule has 1 fully saturated rings. The van der Waals surface area contributed by atoms with Gasteiger partial charge in [-0.1, -0.05) is 18.2 Å². The first kappa shape index (κ1) is 17.5. The molecule has 1 saturated heterocycles. The number of likely N-dealkylation sites (tertiary alicyclic amines) is 1. The molecule has 1 atom stereocenters. The smallest absolute Gasteiger partial charge is 0.352 e. The lowest BCUT2D eigenvalue weighted by Gasteiger charge is -2.21. The molecule has 0 aliphatic carbocycles.